The summed E-state index contributed by atoms with van der Waals surface area (Å²) in [4.78, 5) is 0. The molecule has 0 aromatic heterocycles. The van der Waals surface area contributed by atoms with Crippen LogP contribution in [-0.2, 0) is 0 Å². The van der Waals surface area contributed by atoms with Gasteiger partial charge in [0.1, 0.15) is 101 Å². The number of halogens is 1. The fourth-order valence-electron chi connectivity index (χ4n) is 4.30. The second-order valence-corrected chi connectivity index (χ2v) is 8.02. The van der Waals surface area contributed by atoms with Crippen molar-refractivity contribution in [3.05, 3.63) is 5.02 Å². The van der Waals surface area contributed by atoms with E-state index in [0.717, 1.165) is 0 Å². The predicted octanol–water partition coefficient (Wildman–Crippen LogP) is -8.99. The standard InChI is InChI=1S/C18B11ClO2/c19-1-3(21)7(25)15-11(5(1)23)29-12-6(24)2(20)4(22)8(26)16(12)32-18-10(28)14(30)9(27)17(31-15)13(18)29. The Labute approximate surface area is 204 Å². The highest BCUT2D eigenvalue weighted by Crippen LogP contribution is 2.31. The summed E-state index contributed by atoms with van der Waals surface area (Å²) >= 11 is 6.37. The highest BCUT2D eigenvalue weighted by molar-refractivity contribution is 7.03. The van der Waals surface area contributed by atoms with Crippen molar-refractivity contribution in [2.24, 2.45) is 0 Å². The molecule has 0 saturated carbocycles. The van der Waals surface area contributed by atoms with E-state index in [-0.39, 0.29) is 82.6 Å². The first-order chi connectivity index (χ1) is 15.0. The van der Waals surface area contributed by atoms with Gasteiger partial charge in [0, 0.05) is 10.5 Å². The number of fused-ring (bicyclic) bond motifs is 4. The van der Waals surface area contributed by atoms with Gasteiger partial charge in [-0.2, -0.15) is 0 Å². The van der Waals surface area contributed by atoms with Crippen molar-refractivity contribution in [2.45, 2.75) is 0 Å². The summed E-state index contributed by atoms with van der Waals surface area (Å²) in [6.45, 7) is -0.773. The van der Waals surface area contributed by atoms with Gasteiger partial charge in [0.25, 0.3) is 6.71 Å². The van der Waals surface area contributed by atoms with Crippen molar-refractivity contribution in [1.29, 1.82) is 0 Å². The van der Waals surface area contributed by atoms with Crippen LogP contribution in [0.4, 0.5) is 0 Å². The molecule has 0 atom stereocenters. The number of hydrogen-bond donors (Lipinski definition) is 0. The molecule has 2 nitrogen and oxygen atoms in total. The van der Waals surface area contributed by atoms with Crippen LogP contribution in [0.2, 0.25) is 5.02 Å². The van der Waals surface area contributed by atoms with Crippen LogP contribution in [0.1, 0.15) is 0 Å². The molecule has 0 aliphatic carbocycles. The maximum atomic E-state index is 6.39. The normalized spacial score (nSPS) is 13.0. The first-order valence-corrected chi connectivity index (χ1v) is 9.64. The molecule has 0 bridgehead atoms. The Morgan fingerprint density at radius 3 is 1.09 bits per heavy atom. The lowest BCUT2D eigenvalue weighted by Gasteiger charge is -2.40. The lowest BCUT2D eigenvalue weighted by molar-refractivity contribution is 0.474. The van der Waals surface area contributed by atoms with Gasteiger partial charge >= 0.3 is 0 Å². The molecular weight excluding hydrogens is 403 g/mol. The molecule has 0 N–H and O–H groups in total. The van der Waals surface area contributed by atoms with E-state index in [1.807, 2.05) is 0 Å². The molecule has 2 aliphatic heterocycles. The lowest BCUT2D eigenvalue weighted by Crippen LogP contribution is -2.73. The summed E-state index contributed by atoms with van der Waals surface area (Å²) in [7, 11) is 62.1. The molecule has 3 aromatic carbocycles. The first-order valence-electron chi connectivity index (χ1n) is 9.26. The van der Waals surface area contributed by atoms with Gasteiger partial charge in [-0.25, -0.2) is 0 Å². The minimum Gasteiger partial charge on any atom is -0.460 e. The van der Waals surface area contributed by atoms with Gasteiger partial charge in [-0.3, -0.25) is 0 Å². The largest absolute Gasteiger partial charge is 0.460 e. The minimum atomic E-state index is -0.773. The maximum absolute atomic E-state index is 6.39. The van der Waals surface area contributed by atoms with E-state index >= 15 is 0 Å². The van der Waals surface area contributed by atoms with Crippen LogP contribution in [0.15, 0.2) is 0 Å². The number of rotatable bonds is 0. The Morgan fingerprint density at radius 2 is 0.719 bits per heavy atom. The van der Waals surface area contributed by atoms with E-state index in [1.54, 1.807) is 0 Å². The third-order valence-electron chi connectivity index (χ3n) is 6.03. The van der Waals surface area contributed by atoms with Gasteiger partial charge in [0.15, 0.2) is 0 Å². The topological polar surface area (TPSA) is 18.5 Å². The third kappa shape index (κ3) is 2.58. The average molecular weight is 403 g/mol. The first kappa shape index (κ1) is 22.1. The van der Waals surface area contributed by atoms with E-state index in [2.05, 4.69) is 0 Å². The van der Waals surface area contributed by atoms with Crippen LogP contribution in [-0.4, -0.2) is 85.2 Å². The smallest absolute Gasteiger partial charge is 0.258 e. The van der Waals surface area contributed by atoms with Gasteiger partial charge < -0.3 is 9.47 Å². The Balaban J connectivity index is 2.03. The van der Waals surface area contributed by atoms with Crippen molar-refractivity contribution in [3.8, 4) is 23.0 Å². The molecule has 0 amide bonds. The Bertz CT molecular complexity index is 1270. The molecule has 124 valence electrons. The molecule has 0 unspecified atom stereocenters. The molecule has 2 aliphatic rings. The summed E-state index contributed by atoms with van der Waals surface area (Å²) in [6.07, 6.45) is 0. The molecular formula is C18B11ClO2. The number of benzene rings is 3. The summed E-state index contributed by atoms with van der Waals surface area (Å²) < 4.78 is 12.1. The fraction of sp³-hybridized carbons (Fsp3) is 0. The Hall–Kier alpha value is -1.74. The van der Waals surface area contributed by atoms with Crippen molar-refractivity contribution in [2.75, 3.05) is 0 Å². The predicted molar refractivity (Wildman–Crippen MR) is 143 cm³/mol. The third-order valence-corrected chi connectivity index (χ3v) is 6.43. The van der Waals surface area contributed by atoms with Gasteiger partial charge in [-0.05, 0) is 21.9 Å². The summed E-state index contributed by atoms with van der Waals surface area (Å²) in [5.74, 6) is 0.606. The van der Waals surface area contributed by atoms with Crippen molar-refractivity contribution < 1.29 is 9.47 Å². The molecule has 0 fully saturated rings. The van der Waals surface area contributed by atoms with E-state index < -0.39 is 6.71 Å². The number of ether oxygens (including phenoxy) is 2. The second-order valence-electron chi connectivity index (χ2n) is 7.65. The van der Waals surface area contributed by atoms with Gasteiger partial charge in [0.2, 0.25) is 0 Å². The van der Waals surface area contributed by atoms with Gasteiger partial charge in [-0.15, -0.1) is 32.8 Å². The average Bonchev–Trinajstić information content (AvgIpc) is 2.79. The van der Waals surface area contributed by atoms with Crippen molar-refractivity contribution in [1.82, 2.24) is 0 Å². The van der Waals surface area contributed by atoms with E-state index in [4.69, 9.17) is 99.5 Å². The van der Waals surface area contributed by atoms with Crippen LogP contribution >= 0.6 is 11.6 Å². The molecule has 14 heteroatoms. The zero-order valence-electron chi connectivity index (χ0n) is 16.5. The molecule has 0 saturated heterocycles. The molecule has 2 heterocycles. The number of hydrogen-bond acceptors (Lipinski definition) is 2. The summed E-state index contributed by atoms with van der Waals surface area (Å²) in [5.41, 5.74) is 1.95. The second kappa shape index (κ2) is 7.13. The van der Waals surface area contributed by atoms with Crippen molar-refractivity contribution >= 4 is 168 Å². The van der Waals surface area contributed by atoms with E-state index in [9.17, 15) is 0 Å². The zero-order chi connectivity index (χ0) is 23.4. The zero-order valence-corrected chi connectivity index (χ0v) is 17.3. The monoisotopic (exact) mass is 404 g/mol. The molecule has 0 spiro atoms. The van der Waals surface area contributed by atoms with Crippen molar-refractivity contribution in [3.63, 3.8) is 0 Å². The lowest BCUT2D eigenvalue weighted by atomic mass is 9.30. The van der Waals surface area contributed by atoms with Crippen LogP contribution in [0, 0.1) is 0 Å². The molecule has 5 rings (SSSR count). The van der Waals surface area contributed by atoms with Gasteiger partial charge in [0.05, 0.1) is 0 Å². The van der Waals surface area contributed by atoms with Gasteiger partial charge in [-0.1, -0.05) is 22.5 Å². The highest BCUT2D eigenvalue weighted by atomic mass is 35.5. The van der Waals surface area contributed by atoms with E-state index in [1.165, 1.54) is 0 Å². The summed E-state index contributed by atoms with van der Waals surface area (Å²) in [6, 6.07) is 0. The van der Waals surface area contributed by atoms with Crippen LogP contribution in [0.25, 0.3) is 0 Å². The van der Waals surface area contributed by atoms with Crippen LogP contribution in [0.5, 0.6) is 23.0 Å². The fourth-order valence-corrected chi connectivity index (χ4v) is 4.47. The SMILES string of the molecule is [B]c1c([B])c([B])c2c(c1[B])Oc1c([B])c(Cl)c([B])c3c1B2c1c([B])c([B])c([B])c([B])c1O3. The quantitative estimate of drug-likeness (QED) is 0.240. The van der Waals surface area contributed by atoms with E-state index in [0.29, 0.717) is 16.4 Å². The minimum absolute atomic E-state index is 0.0225. The molecule has 3 aromatic rings. The van der Waals surface area contributed by atoms with Crippen LogP contribution < -0.4 is 80.5 Å². The Kier molecular flexibility index (Phi) is 4.92. The highest BCUT2D eigenvalue weighted by Gasteiger charge is 2.44. The summed E-state index contributed by atoms with van der Waals surface area (Å²) in [5, 5.41) is 0.0225. The van der Waals surface area contributed by atoms with Crippen LogP contribution in [0.3, 0.4) is 0 Å². The Morgan fingerprint density at radius 1 is 0.406 bits per heavy atom. The maximum Gasteiger partial charge on any atom is 0.258 e. The molecule has 32 heavy (non-hydrogen) atoms. The molecule has 20 radical (unpaired) electrons.